The van der Waals surface area contributed by atoms with Crippen LogP contribution in [0.5, 0.6) is 0 Å². The Morgan fingerprint density at radius 2 is 1.79 bits per heavy atom. The summed E-state index contributed by atoms with van der Waals surface area (Å²) in [6, 6.07) is 19.1. The number of methoxy groups -OCH3 is 1. The monoisotopic (exact) mass is 526 g/mol. The number of amides is 4. The SMILES string of the molecule is COC(=O)c1cccc(Cn2cc(/C=C3\NC(=O)N(CC(=O)Nc4ccc(F)cc4)C3=O)c3ccccc32)c1. The van der Waals surface area contributed by atoms with Gasteiger partial charge in [-0.1, -0.05) is 30.3 Å². The molecule has 1 aliphatic heterocycles. The van der Waals surface area contributed by atoms with Gasteiger partial charge in [-0.15, -0.1) is 0 Å². The Balaban J connectivity index is 1.37. The molecule has 0 atom stereocenters. The van der Waals surface area contributed by atoms with Gasteiger partial charge in [-0.2, -0.15) is 0 Å². The topological polar surface area (TPSA) is 110 Å². The molecule has 4 amide bonds. The van der Waals surface area contributed by atoms with Crippen LogP contribution in [0.1, 0.15) is 21.5 Å². The molecule has 196 valence electrons. The molecule has 1 fully saturated rings. The third kappa shape index (κ3) is 5.40. The molecule has 10 heteroatoms. The van der Waals surface area contributed by atoms with Crippen LogP contribution in [0.4, 0.5) is 14.9 Å². The van der Waals surface area contributed by atoms with Crippen molar-refractivity contribution in [2.24, 2.45) is 0 Å². The fourth-order valence-corrected chi connectivity index (χ4v) is 4.38. The Bertz CT molecular complexity index is 1640. The minimum atomic E-state index is -0.719. The van der Waals surface area contributed by atoms with E-state index in [-0.39, 0.29) is 5.70 Å². The van der Waals surface area contributed by atoms with Crippen LogP contribution in [0.15, 0.2) is 84.7 Å². The number of hydrogen-bond acceptors (Lipinski definition) is 5. The van der Waals surface area contributed by atoms with Crippen molar-refractivity contribution >= 4 is 46.5 Å². The van der Waals surface area contributed by atoms with Gasteiger partial charge in [-0.25, -0.2) is 18.9 Å². The molecule has 1 aromatic heterocycles. The van der Waals surface area contributed by atoms with Gasteiger partial charge in [-0.05, 0) is 54.1 Å². The largest absolute Gasteiger partial charge is 0.465 e. The van der Waals surface area contributed by atoms with Crippen molar-refractivity contribution in [3.63, 3.8) is 0 Å². The average Bonchev–Trinajstić information content (AvgIpc) is 3.41. The lowest BCUT2D eigenvalue weighted by molar-refractivity contribution is -0.127. The Kier molecular flexibility index (Phi) is 6.92. The third-order valence-electron chi connectivity index (χ3n) is 6.21. The van der Waals surface area contributed by atoms with Crippen molar-refractivity contribution in [3.8, 4) is 0 Å². The number of aromatic nitrogens is 1. The molecule has 0 unspecified atom stereocenters. The molecule has 2 N–H and O–H groups in total. The van der Waals surface area contributed by atoms with Crippen LogP contribution >= 0.6 is 0 Å². The minimum absolute atomic E-state index is 0.0326. The average molecular weight is 527 g/mol. The summed E-state index contributed by atoms with van der Waals surface area (Å²) >= 11 is 0. The van der Waals surface area contributed by atoms with E-state index >= 15 is 0 Å². The van der Waals surface area contributed by atoms with Gasteiger partial charge in [0.05, 0.1) is 12.7 Å². The van der Waals surface area contributed by atoms with Crippen LogP contribution in [0.3, 0.4) is 0 Å². The maximum absolute atomic E-state index is 13.1. The lowest BCUT2D eigenvalue weighted by Crippen LogP contribution is -2.38. The predicted molar refractivity (Wildman–Crippen MR) is 142 cm³/mol. The van der Waals surface area contributed by atoms with Gasteiger partial charge in [0.1, 0.15) is 18.1 Å². The number of carbonyl (C=O) groups excluding carboxylic acids is 4. The van der Waals surface area contributed by atoms with Crippen molar-refractivity contribution in [3.05, 3.63) is 107 Å². The fourth-order valence-electron chi connectivity index (χ4n) is 4.38. The number of benzene rings is 3. The predicted octanol–water partition coefficient (Wildman–Crippen LogP) is 4.15. The van der Waals surface area contributed by atoms with Crippen molar-refractivity contribution in [1.82, 2.24) is 14.8 Å². The first kappa shape index (κ1) is 25.4. The van der Waals surface area contributed by atoms with E-state index in [0.29, 0.717) is 23.4 Å². The molecule has 0 bridgehead atoms. The number of hydrogen-bond donors (Lipinski definition) is 2. The van der Waals surface area contributed by atoms with E-state index in [2.05, 4.69) is 10.6 Å². The lowest BCUT2D eigenvalue weighted by Gasteiger charge is -2.11. The van der Waals surface area contributed by atoms with Gasteiger partial charge in [0.2, 0.25) is 5.91 Å². The van der Waals surface area contributed by atoms with Crippen LogP contribution < -0.4 is 10.6 Å². The maximum atomic E-state index is 13.1. The normalized spacial score (nSPS) is 14.1. The summed E-state index contributed by atoms with van der Waals surface area (Å²) in [5.74, 6) is -2.12. The summed E-state index contributed by atoms with van der Waals surface area (Å²) in [5, 5.41) is 5.92. The molecule has 3 aromatic carbocycles. The van der Waals surface area contributed by atoms with Crippen molar-refractivity contribution in [2.45, 2.75) is 6.54 Å². The summed E-state index contributed by atoms with van der Waals surface area (Å²) in [6.45, 7) is -0.0534. The number of halogens is 1. The van der Waals surface area contributed by atoms with Crippen LogP contribution in [0.2, 0.25) is 0 Å². The zero-order valence-corrected chi connectivity index (χ0v) is 20.8. The fraction of sp³-hybridized carbons (Fsp3) is 0.103. The lowest BCUT2D eigenvalue weighted by atomic mass is 10.1. The van der Waals surface area contributed by atoms with Gasteiger partial charge in [0, 0.05) is 34.9 Å². The molecule has 1 saturated heterocycles. The highest BCUT2D eigenvalue weighted by molar-refractivity contribution is 6.16. The number of anilines is 1. The summed E-state index contributed by atoms with van der Waals surface area (Å²) in [6.07, 6.45) is 3.42. The van der Waals surface area contributed by atoms with Crippen LogP contribution in [0.25, 0.3) is 17.0 Å². The molecule has 39 heavy (non-hydrogen) atoms. The molecular formula is C29H23FN4O5. The molecule has 5 rings (SSSR count). The number of fused-ring (bicyclic) bond motifs is 1. The van der Waals surface area contributed by atoms with Crippen LogP contribution in [-0.4, -0.2) is 46.9 Å². The molecule has 1 aliphatic rings. The van der Waals surface area contributed by atoms with Gasteiger partial charge in [-0.3, -0.25) is 9.59 Å². The van der Waals surface area contributed by atoms with E-state index < -0.39 is 36.2 Å². The third-order valence-corrected chi connectivity index (χ3v) is 6.21. The number of para-hydroxylation sites is 1. The quantitative estimate of drug-likeness (QED) is 0.214. The standard InChI is InChI=1S/C29H23FN4O5/c1-39-28(37)19-6-4-5-18(13-19)15-33-16-20(23-7-2-3-8-25(23)33)14-24-27(36)34(29(38)32-24)17-26(35)31-22-11-9-21(30)10-12-22/h2-14,16H,15,17H2,1H3,(H,31,35)(H,32,38)/b24-14-. The molecule has 0 spiro atoms. The first-order valence-corrected chi connectivity index (χ1v) is 12.0. The summed E-state index contributed by atoms with van der Waals surface area (Å²) < 4.78 is 19.9. The van der Waals surface area contributed by atoms with Crippen LogP contribution in [-0.2, 0) is 20.9 Å². The number of nitrogens with one attached hydrogen (secondary N) is 2. The number of esters is 1. The molecule has 4 aromatic rings. The first-order chi connectivity index (χ1) is 18.8. The highest BCUT2D eigenvalue weighted by atomic mass is 19.1. The van der Waals surface area contributed by atoms with E-state index in [1.807, 2.05) is 41.1 Å². The second-order valence-corrected chi connectivity index (χ2v) is 8.86. The van der Waals surface area contributed by atoms with Gasteiger partial charge < -0.3 is 19.9 Å². The Morgan fingerprint density at radius 1 is 1.03 bits per heavy atom. The van der Waals surface area contributed by atoms with E-state index in [9.17, 15) is 23.6 Å². The van der Waals surface area contributed by atoms with Gasteiger partial charge in [0.25, 0.3) is 5.91 Å². The molecule has 2 heterocycles. The smallest absolute Gasteiger partial charge is 0.337 e. The van der Waals surface area contributed by atoms with Gasteiger partial charge >= 0.3 is 12.0 Å². The summed E-state index contributed by atoms with van der Waals surface area (Å²) in [5.41, 5.74) is 3.27. The number of imide groups is 1. The second-order valence-electron chi connectivity index (χ2n) is 8.86. The molecule has 9 nitrogen and oxygen atoms in total. The van der Waals surface area contributed by atoms with E-state index in [1.54, 1.807) is 24.3 Å². The van der Waals surface area contributed by atoms with Crippen molar-refractivity contribution in [1.29, 1.82) is 0 Å². The molecule has 0 aliphatic carbocycles. The van der Waals surface area contributed by atoms with Crippen molar-refractivity contribution in [2.75, 3.05) is 19.0 Å². The highest BCUT2D eigenvalue weighted by Crippen LogP contribution is 2.26. The zero-order chi connectivity index (χ0) is 27.5. The summed E-state index contributed by atoms with van der Waals surface area (Å²) in [4.78, 5) is 50.7. The zero-order valence-electron chi connectivity index (χ0n) is 20.8. The van der Waals surface area contributed by atoms with E-state index in [0.717, 1.165) is 21.4 Å². The van der Waals surface area contributed by atoms with Gasteiger partial charge in [0.15, 0.2) is 0 Å². The van der Waals surface area contributed by atoms with Crippen LogP contribution in [0, 0.1) is 5.82 Å². The Labute approximate surface area is 222 Å². The Hall–Kier alpha value is -5.25. The second kappa shape index (κ2) is 10.6. The number of ether oxygens (including phenoxy) is 1. The number of nitrogens with zero attached hydrogens (tertiary/aromatic N) is 2. The molecule has 0 radical (unpaired) electrons. The van der Waals surface area contributed by atoms with E-state index in [1.165, 1.54) is 31.4 Å². The first-order valence-electron chi connectivity index (χ1n) is 12.0. The number of urea groups is 1. The Morgan fingerprint density at radius 3 is 2.56 bits per heavy atom. The van der Waals surface area contributed by atoms with Crippen molar-refractivity contribution < 1.29 is 28.3 Å². The van der Waals surface area contributed by atoms with E-state index in [4.69, 9.17) is 4.74 Å². The number of rotatable bonds is 7. The molecular weight excluding hydrogens is 503 g/mol. The maximum Gasteiger partial charge on any atom is 0.337 e. The number of carbonyl (C=O) groups is 4. The minimum Gasteiger partial charge on any atom is -0.465 e. The summed E-state index contributed by atoms with van der Waals surface area (Å²) in [7, 11) is 1.33. The molecule has 0 saturated carbocycles. The highest BCUT2D eigenvalue weighted by Gasteiger charge is 2.35.